The van der Waals surface area contributed by atoms with Gasteiger partial charge in [-0.3, -0.25) is 4.90 Å². The van der Waals surface area contributed by atoms with Gasteiger partial charge in [-0.1, -0.05) is 12.8 Å². The highest BCUT2D eigenvalue weighted by atomic mass is 15.3. The van der Waals surface area contributed by atoms with Gasteiger partial charge < -0.3 is 10.6 Å². The lowest BCUT2D eigenvalue weighted by Gasteiger charge is -2.38. The first-order chi connectivity index (χ1) is 8.83. The molecule has 0 bridgehead atoms. The van der Waals surface area contributed by atoms with Gasteiger partial charge in [-0.15, -0.1) is 0 Å². The van der Waals surface area contributed by atoms with E-state index in [4.69, 9.17) is 5.73 Å². The minimum atomic E-state index is 0.366. The van der Waals surface area contributed by atoms with Crippen LogP contribution >= 0.6 is 0 Å². The van der Waals surface area contributed by atoms with E-state index in [2.05, 4.69) is 19.8 Å². The Morgan fingerprint density at radius 3 is 2.50 bits per heavy atom. The molecule has 3 rings (SSSR count). The van der Waals surface area contributed by atoms with E-state index >= 15 is 0 Å². The maximum atomic E-state index is 5.63. The summed E-state index contributed by atoms with van der Waals surface area (Å²) in [6.07, 6.45) is 7.34. The van der Waals surface area contributed by atoms with Crippen LogP contribution in [-0.2, 0) is 0 Å². The van der Waals surface area contributed by atoms with Crippen molar-refractivity contribution in [1.29, 1.82) is 0 Å². The van der Waals surface area contributed by atoms with E-state index in [1.165, 1.54) is 25.7 Å². The highest BCUT2D eigenvalue weighted by molar-refractivity contribution is 5.41. The molecular formula is C13H21N5. The van der Waals surface area contributed by atoms with Crippen LogP contribution in [0, 0.1) is 0 Å². The molecule has 98 valence electrons. The lowest BCUT2D eigenvalue weighted by molar-refractivity contribution is 0.187. The summed E-state index contributed by atoms with van der Waals surface area (Å²) in [7, 11) is 0. The molecule has 5 heteroatoms. The normalized spacial score (nSPS) is 22.6. The molecule has 0 radical (unpaired) electrons. The molecule has 1 aliphatic carbocycles. The zero-order valence-electron chi connectivity index (χ0n) is 10.8. The maximum Gasteiger partial charge on any atom is 0.221 e. The molecule has 0 unspecified atom stereocenters. The molecule has 1 saturated carbocycles. The predicted octanol–water partition coefficient (Wildman–Crippen LogP) is 1.12. The van der Waals surface area contributed by atoms with E-state index in [0.717, 1.165) is 38.0 Å². The van der Waals surface area contributed by atoms with Crippen molar-refractivity contribution in [3.63, 3.8) is 0 Å². The number of piperazine rings is 1. The first-order valence-electron chi connectivity index (χ1n) is 6.90. The minimum absolute atomic E-state index is 0.366. The molecule has 2 N–H and O–H groups in total. The van der Waals surface area contributed by atoms with Gasteiger partial charge in [0.2, 0.25) is 5.95 Å². The fourth-order valence-electron chi connectivity index (χ4n) is 3.13. The first-order valence-corrected chi connectivity index (χ1v) is 6.90. The van der Waals surface area contributed by atoms with E-state index in [1.807, 2.05) is 6.07 Å². The summed E-state index contributed by atoms with van der Waals surface area (Å²) in [6.45, 7) is 4.39. The number of hydrogen-bond donors (Lipinski definition) is 1. The molecule has 2 aliphatic rings. The number of nitrogen functional groups attached to an aromatic ring is 1. The van der Waals surface area contributed by atoms with Gasteiger partial charge in [0.05, 0.1) is 0 Å². The molecule has 1 aromatic rings. The maximum absolute atomic E-state index is 5.63. The van der Waals surface area contributed by atoms with E-state index in [1.54, 1.807) is 6.20 Å². The van der Waals surface area contributed by atoms with Crippen molar-refractivity contribution in [2.45, 2.75) is 31.7 Å². The average molecular weight is 247 g/mol. The van der Waals surface area contributed by atoms with Crippen LogP contribution in [0.2, 0.25) is 0 Å². The molecule has 0 spiro atoms. The van der Waals surface area contributed by atoms with Crippen LogP contribution in [0.4, 0.5) is 11.8 Å². The molecule has 18 heavy (non-hydrogen) atoms. The molecule has 0 atom stereocenters. The fraction of sp³-hybridized carbons (Fsp3) is 0.692. The van der Waals surface area contributed by atoms with Gasteiger partial charge in [-0.05, 0) is 18.9 Å². The smallest absolute Gasteiger partial charge is 0.221 e. The minimum Gasteiger partial charge on any atom is -0.368 e. The second kappa shape index (κ2) is 5.10. The van der Waals surface area contributed by atoms with E-state index in [0.29, 0.717) is 5.95 Å². The SMILES string of the molecule is Nc1nccc(N2CCN(C3CCCC3)CC2)n1. The van der Waals surface area contributed by atoms with Crippen molar-refractivity contribution in [2.75, 3.05) is 36.8 Å². The Morgan fingerprint density at radius 2 is 1.83 bits per heavy atom. The van der Waals surface area contributed by atoms with Gasteiger partial charge in [0, 0.05) is 38.4 Å². The lowest BCUT2D eigenvalue weighted by Crippen LogP contribution is -2.50. The Labute approximate surface area is 108 Å². The standard InChI is InChI=1S/C13H21N5/c14-13-15-6-5-12(16-13)18-9-7-17(8-10-18)11-3-1-2-4-11/h5-6,11H,1-4,7-10H2,(H2,14,15,16). The molecule has 0 aromatic carbocycles. The van der Waals surface area contributed by atoms with Crippen molar-refractivity contribution < 1.29 is 0 Å². The van der Waals surface area contributed by atoms with Gasteiger partial charge in [0.15, 0.2) is 0 Å². The van der Waals surface area contributed by atoms with Crippen LogP contribution in [0.25, 0.3) is 0 Å². The monoisotopic (exact) mass is 247 g/mol. The Bertz CT molecular complexity index is 394. The average Bonchev–Trinajstić information content (AvgIpc) is 2.93. The Morgan fingerprint density at radius 1 is 1.11 bits per heavy atom. The molecule has 0 amide bonds. The summed E-state index contributed by atoms with van der Waals surface area (Å²) in [5, 5.41) is 0. The van der Waals surface area contributed by atoms with E-state index < -0.39 is 0 Å². The van der Waals surface area contributed by atoms with Crippen molar-refractivity contribution in [2.24, 2.45) is 0 Å². The predicted molar refractivity (Wildman–Crippen MR) is 72.5 cm³/mol. The van der Waals surface area contributed by atoms with Crippen molar-refractivity contribution >= 4 is 11.8 Å². The molecule has 1 saturated heterocycles. The third-order valence-corrected chi connectivity index (χ3v) is 4.14. The van der Waals surface area contributed by atoms with Crippen molar-refractivity contribution in [3.8, 4) is 0 Å². The second-order valence-corrected chi connectivity index (χ2v) is 5.23. The van der Waals surface area contributed by atoms with Crippen molar-refractivity contribution in [3.05, 3.63) is 12.3 Å². The largest absolute Gasteiger partial charge is 0.368 e. The number of aromatic nitrogens is 2. The van der Waals surface area contributed by atoms with E-state index in [-0.39, 0.29) is 0 Å². The second-order valence-electron chi connectivity index (χ2n) is 5.23. The molecule has 2 heterocycles. The summed E-state index contributed by atoms with van der Waals surface area (Å²) in [5.74, 6) is 1.33. The molecule has 2 fully saturated rings. The third kappa shape index (κ3) is 2.41. The van der Waals surface area contributed by atoms with Gasteiger partial charge >= 0.3 is 0 Å². The van der Waals surface area contributed by atoms with Gasteiger partial charge in [0.1, 0.15) is 5.82 Å². The lowest BCUT2D eigenvalue weighted by atomic mass is 10.2. The summed E-state index contributed by atoms with van der Waals surface area (Å²) in [6, 6.07) is 2.78. The van der Waals surface area contributed by atoms with Crippen LogP contribution < -0.4 is 10.6 Å². The number of nitrogens with zero attached hydrogens (tertiary/aromatic N) is 4. The topological polar surface area (TPSA) is 58.3 Å². The van der Waals surface area contributed by atoms with Gasteiger partial charge in [0.25, 0.3) is 0 Å². The zero-order valence-corrected chi connectivity index (χ0v) is 10.8. The highest BCUT2D eigenvalue weighted by Crippen LogP contribution is 2.25. The van der Waals surface area contributed by atoms with Crippen LogP contribution in [-0.4, -0.2) is 47.1 Å². The van der Waals surface area contributed by atoms with Crippen LogP contribution in [0.5, 0.6) is 0 Å². The van der Waals surface area contributed by atoms with Gasteiger partial charge in [-0.2, -0.15) is 4.98 Å². The highest BCUT2D eigenvalue weighted by Gasteiger charge is 2.26. The van der Waals surface area contributed by atoms with Crippen LogP contribution in [0.15, 0.2) is 12.3 Å². The van der Waals surface area contributed by atoms with Crippen molar-refractivity contribution in [1.82, 2.24) is 14.9 Å². The third-order valence-electron chi connectivity index (χ3n) is 4.14. The summed E-state index contributed by atoms with van der Waals surface area (Å²) in [5.41, 5.74) is 5.63. The van der Waals surface area contributed by atoms with E-state index in [9.17, 15) is 0 Å². The van der Waals surface area contributed by atoms with Gasteiger partial charge in [-0.25, -0.2) is 4.98 Å². The number of rotatable bonds is 2. The quantitative estimate of drug-likeness (QED) is 0.849. The molecule has 1 aliphatic heterocycles. The summed E-state index contributed by atoms with van der Waals surface area (Å²) < 4.78 is 0. The van der Waals surface area contributed by atoms with Crippen LogP contribution in [0.1, 0.15) is 25.7 Å². The Balaban J connectivity index is 1.59. The Hall–Kier alpha value is -1.36. The fourth-order valence-corrected chi connectivity index (χ4v) is 3.13. The summed E-state index contributed by atoms with van der Waals surface area (Å²) in [4.78, 5) is 13.2. The Kier molecular flexibility index (Phi) is 3.32. The molecule has 5 nitrogen and oxygen atoms in total. The first kappa shape index (κ1) is 11.7. The van der Waals surface area contributed by atoms with Crippen LogP contribution in [0.3, 0.4) is 0 Å². The molecular weight excluding hydrogens is 226 g/mol. The zero-order chi connectivity index (χ0) is 12.4. The molecule has 1 aromatic heterocycles. The number of anilines is 2. The number of hydrogen-bond acceptors (Lipinski definition) is 5. The summed E-state index contributed by atoms with van der Waals surface area (Å²) >= 11 is 0. The number of nitrogens with two attached hydrogens (primary N) is 1.